The summed E-state index contributed by atoms with van der Waals surface area (Å²) in [4.78, 5) is 4.45. The predicted octanol–water partition coefficient (Wildman–Crippen LogP) is 4.98. The normalized spacial score (nSPS) is 12.5. The van der Waals surface area contributed by atoms with Crippen LogP contribution in [0.25, 0.3) is 0 Å². The lowest BCUT2D eigenvalue weighted by atomic mass is 10.1. The Morgan fingerprint density at radius 2 is 2.05 bits per heavy atom. The molecule has 0 aliphatic rings. The zero-order chi connectivity index (χ0) is 14.2. The highest BCUT2D eigenvalue weighted by Crippen LogP contribution is 2.17. The average molecular weight is 310 g/mol. The Bertz CT molecular complexity index is 500. The molecule has 0 N–H and O–H groups in total. The number of rotatable bonds is 8. The van der Waals surface area contributed by atoms with E-state index in [0.717, 1.165) is 31.6 Å². The third kappa shape index (κ3) is 4.89. The Morgan fingerprint density at radius 1 is 1.25 bits per heavy atom. The molecule has 0 saturated carbocycles. The van der Waals surface area contributed by atoms with E-state index >= 15 is 0 Å². The highest BCUT2D eigenvalue weighted by Gasteiger charge is 2.05. The van der Waals surface area contributed by atoms with E-state index < -0.39 is 0 Å². The third-order valence-corrected chi connectivity index (χ3v) is 4.39. The SMILES string of the molecule is CC(OCCCCc1nc(CCl)cs1)c1ccccc1. The quantitative estimate of drug-likeness (QED) is 0.506. The number of aryl methyl sites for hydroxylation is 1. The van der Waals surface area contributed by atoms with Gasteiger partial charge in [0.25, 0.3) is 0 Å². The van der Waals surface area contributed by atoms with E-state index in [0.29, 0.717) is 5.88 Å². The monoisotopic (exact) mass is 309 g/mol. The Labute approximate surface area is 129 Å². The van der Waals surface area contributed by atoms with Crippen LogP contribution in [0.1, 0.15) is 42.1 Å². The first-order chi connectivity index (χ1) is 9.79. The van der Waals surface area contributed by atoms with Crippen LogP contribution in [0, 0.1) is 0 Å². The van der Waals surface area contributed by atoms with Crippen LogP contribution >= 0.6 is 22.9 Å². The molecule has 0 aliphatic carbocycles. The number of thiazole rings is 1. The van der Waals surface area contributed by atoms with Crippen LogP contribution in [0.5, 0.6) is 0 Å². The number of nitrogens with zero attached hydrogens (tertiary/aromatic N) is 1. The summed E-state index contributed by atoms with van der Waals surface area (Å²) in [7, 11) is 0. The van der Waals surface area contributed by atoms with Crippen LogP contribution in [0.4, 0.5) is 0 Å². The lowest BCUT2D eigenvalue weighted by molar-refractivity contribution is 0.0631. The molecule has 0 saturated heterocycles. The van der Waals surface area contributed by atoms with Gasteiger partial charge in [0.1, 0.15) is 0 Å². The van der Waals surface area contributed by atoms with Crippen molar-refractivity contribution in [2.45, 2.75) is 38.2 Å². The molecular weight excluding hydrogens is 290 g/mol. The van der Waals surface area contributed by atoms with Gasteiger partial charge in [0.15, 0.2) is 0 Å². The first-order valence-corrected chi connectivity index (χ1v) is 8.37. The largest absolute Gasteiger partial charge is 0.374 e. The first-order valence-electron chi connectivity index (χ1n) is 6.95. The fraction of sp³-hybridized carbons (Fsp3) is 0.438. The standard InChI is InChI=1S/C16H20ClNOS/c1-13(14-7-3-2-4-8-14)19-10-6-5-9-16-18-15(11-17)12-20-16/h2-4,7-8,12-13H,5-6,9-11H2,1H3. The van der Waals surface area contributed by atoms with Gasteiger partial charge in [-0.3, -0.25) is 0 Å². The summed E-state index contributed by atoms with van der Waals surface area (Å²) in [5, 5.41) is 3.22. The van der Waals surface area contributed by atoms with Crippen LogP contribution in [0.3, 0.4) is 0 Å². The van der Waals surface area contributed by atoms with E-state index in [9.17, 15) is 0 Å². The van der Waals surface area contributed by atoms with Crippen LogP contribution in [-0.2, 0) is 17.0 Å². The minimum atomic E-state index is 0.166. The molecule has 1 aromatic heterocycles. The summed E-state index contributed by atoms with van der Waals surface area (Å²) in [6.45, 7) is 2.90. The minimum Gasteiger partial charge on any atom is -0.374 e. The molecule has 0 radical (unpaired) electrons. The number of unbranched alkanes of at least 4 members (excludes halogenated alkanes) is 1. The molecule has 1 atom stereocenters. The molecule has 108 valence electrons. The Kier molecular flexibility index (Phi) is 6.51. The number of hydrogen-bond donors (Lipinski definition) is 0. The van der Waals surface area contributed by atoms with Crippen molar-refractivity contribution in [2.75, 3.05) is 6.61 Å². The fourth-order valence-corrected chi connectivity index (χ4v) is 3.05. The van der Waals surface area contributed by atoms with E-state index in [1.807, 2.05) is 23.6 Å². The van der Waals surface area contributed by atoms with Crippen LogP contribution < -0.4 is 0 Å². The molecule has 0 fully saturated rings. The second-order valence-electron chi connectivity index (χ2n) is 4.75. The van der Waals surface area contributed by atoms with Gasteiger partial charge in [0.2, 0.25) is 0 Å². The minimum absolute atomic E-state index is 0.166. The Hall–Kier alpha value is -0.900. The molecule has 2 aromatic rings. The van der Waals surface area contributed by atoms with Gasteiger partial charge in [0, 0.05) is 12.0 Å². The van der Waals surface area contributed by atoms with E-state index in [4.69, 9.17) is 16.3 Å². The number of benzene rings is 1. The summed E-state index contributed by atoms with van der Waals surface area (Å²) in [5.74, 6) is 0.508. The second-order valence-corrected chi connectivity index (χ2v) is 5.96. The Balaban J connectivity index is 1.62. The van der Waals surface area contributed by atoms with Gasteiger partial charge < -0.3 is 4.74 Å². The highest BCUT2D eigenvalue weighted by molar-refractivity contribution is 7.09. The molecular formula is C16H20ClNOS. The average Bonchev–Trinajstić information content (AvgIpc) is 2.95. The molecule has 20 heavy (non-hydrogen) atoms. The zero-order valence-electron chi connectivity index (χ0n) is 11.7. The smallest absolute Gasteiger partial charge is 0.0928 e. The van der Waals surface area contributed by atoms with Crippen molar-refractivity contribution in [1.82, 2.24) is 4.98 Å². The van der Waals surface area contributed by atoms with Crippen molar-refractivity contribution >= 4 is 22.9 Å². The van der Waals surface area contributed by atoms with E-state index in [1.165, 1.54) is 10.6 Å². The number of ether oxygens (including phenoxy) is 1. The fourth-order valence-electron chi connectivity index (χ4n) is 1.98. The van der Waals surface area contributed by atoms with E-state index in [1.54, 1.807) is 11.3 Å². The van der Waals surface area contributed by atoms with Gasteiger partial charge in [-0.05, 0) is 31.7 Å². The summed E-state index contributed by atoms with van der Waals surface area (Å²) in [6, 6.07) is 10.3. The van der Waals surface area contributed by atoms with Crippen molar-refractivity contribution in [3.05, 3.63) is 52.0 Å². The topological polar surface area (TPSA) is 22.1 Å². The van der Waals surface area contributed by atoms with Crippen molar-refractivity contribution < 1.29 is 4.74 Å². The number of halogens is 1. The molecule has 1 heterocycles. The first kappa shape index (κ1) is 15.5. The van der Waals surface area contributed by atoms with Crippen molar-refractivity contribution in [2.24, 2.45) is 0 Å². The summed E-state index contributed by atoms with van der Waals surface area (Å²) in [6.07, 6.45) is 3.35. The Morgan fingerprint density at radius 3 is 2.75 bits per heavy atom. The molecule has 4 heteroatoms. The lowest BCUT2D eigenvalue weighted by Gasteiger charge is -2.13. The summed E-state index contributed by atoms with van der Waals surface area (Å²) >= 11 is 7.44. The molecule has 0 spiro atoms. The van der Waals surface area contributed by atoms with Crippen molar-refractivity contribution in [3.8, 4) is 0 Å². The lowest BCUT2D eigenvalue weighted by Crippen LogP contribution is -2.02. The molecule has 1 unspecified atom stereocenters. The van der Waals surface area contributed by atoms with E-state index in [-0.39, 0.29) is 6.10 Å². The van der Waals surface area contributed by atoms with Crippen molar-refractivity contribution in [1.29, 1.82) is 0 Å². The zero-order valence-corrected chi connectivity index (χ0v) is 13.3. The van der Waals surface area contributed by atoms with Gasteiger partial charge in [-0.2, -0.15) is 0 Å². The van der Waals surface area contributed by atoms with Crippen molar-refractivity contribution in [3.63, 3.8) is 0 Å². The maximum atomic E-state index is 5.85. The molecule has 0 bridgehead atoms. The van der Waals surface area contributed by atoms with Gasteiger partial charge in [-0.1, -0.05) is 30.3 Å². The maximum absolute atomic E-state index is 5.85. The van der Waals surface area contributed by atoms with E-state index in [2.05, 4.69) is 24.0 Å². The molecule has 1 aromatic carbocycles. The summed E-state index contributed by atoms with van der Waals surface area (Å²) < 4.78 is 5.85. The molecule has 0 amide bonds. The van der Waals surface area contributed by atoms with Crippen LogP contribution in [0.2, 0.25) is 0 Å². The third-order valence-electron chi connectivity index (χ3n) is 3.16. The van der Waals surface area contributed by atoms with Crippen LogP contribution in [-0.4, -0.2) is 11.6 Å². The molecule has 2 rings (SSSR count). The molecule has 0 aliphatic heterocycles. The van der Waals surface area contributed by atoms with Gasteiger partial charge in [0.05, 0.1) is 22.7 Å². The van der Waals surface area contributed by atoms with Gasteiger partial charge in [-0.15, -0.1) is 22.9 Å². The van der Waals surface area contributed by atoms with Gasteiger partial charge in [-0.25, -0.2) is 4.98 Å². The molecule has 2 nitrogen and oxygen atoms in total. The highest BCUT2D eigenvalue weighted by atomic mass is 35.5. The summed E-state index contributed by atoms with van der Waals surface area (Å²) in [5.41, 5.74) is 2.22. The van der Waals surface area contributed by atoms with Gasteiger partial charge >= 0.3 is 0 Å². The number of hydrogen-bond acceptors (Lipinski definition) is 3. The predicted molar refractivity (Wildman–Crippen MR) is 85.4 cm³/mol. The number of alkyl halides is 1. The van der Waals surface area contributed by atoms with Crippen LogP contribution in [0.15, 0.2) is 35.7 Å². The number of aromatic nitrogens is 1. The maximum Gasteiger partial charge on any atom is 0.0928 e. The second kappa shape index (κ2) is 8.40.